The van der Waals surface area contributed by atoms with Crippen LogP contribution in [0.25, 0.3) is 0 Å². The molecule has 0 radical (unpaired) electrons. The quantitative estimate of drug-likeness (QED) is 0.879. The molecular weight excluding hydrogens is 244 g/mol. The molecular formula is C14H20N2O3. The van der Waals surface area contributed by atoms with Gasteiger partial charge in [0.25, 0.3) is 5.91 Å². The van der Waals surface area contributed by atoms with Crippen LogP contribution in [-0.4, -0.2) is 48.6 Å². The van der Waals surface area contributed by atoms with E-state index in [0.717, 1.165) is 5.69 Å². The lowest BCUT2D eigenvalue weighted by Gasteiger charge is -2.25. The van der Waals surface area contributed by atoms with Crippen molar-refractivity contribution in [3.8, 4) is 0 Å². The Balaban J connectivity index is 2.93. The van der Waals surface area contributed by atoms with Crippen LogP contribution in [0.1, 0.15) is 24.2 Å². The molecule has 1 rings (SSSR count). The molecule has 0 aliphatic heterocycles. The first-order valence-corrected chi connectivity index (χ1v) is 6.13. The van der Waals surface area contributed by atoms with Crippen LogP contribution in [0.2, 0.25) is 0 Å². The van der Waals surface area contributed by atoms with E-state index in [1.54, 1.807) is 26.0 Å². The van der Waals surface area contributed by atoms with Gasteiger partial charge in [-0.25, -0.2) is 0 Å². The summed E-state index contributed by atoms with van der Waals surface area (Å²) in [5.41, 5.74) is 1.49. The van der Waals surface area contributed by atoms with Crippen LogP contribution < -0.4 is 4.90 Å². The van der Waals surface area contributed by atoms with Gasteiger partial charge in [0.1, 0.15) is 6.54 Å². The molecule has 0 saturated heterocycles. The van der Waals surface area contributed by atoms with Gasteiger partial charge < -0.3 is 14.9 Å². The summed E-state index contributed by atoms with van der Waals surface area (Å²) in [5, 5.41) is 8.84. The number of rotatable bonds is 5. The van der Waals surface area contributed by atoms with Crippen molar-refractivity contribution in [3.05, 3.63) is 29.8 Å². The van der Waals surface area contributed by atoms with E-state index in [0.29, 0.717) is 5.56 Å². The lowest BCUT2D eigenvalue weighted by atomic mass is 10.1. The first-order chi connectivity index (χ1) is 8.82. The van der Waals surface area contributed by atoms with Gasteiger partial charge in [-0.2, -0.15) is 0 Å². The highest BCUT2D eigenvalue weighted by molar-refractivity contribution is 5.96. The Labute approximate surface area is 113 Å². The molecule has 0 bridgehead atoms. The number of nitrogens with zero attached hydrogens (tertiary/aromatic N) is 2. The highest BCUT2D eigenvalue weighted by Gasteiger charge is 2.21. The molecule has 19 heavy (non-hydrogen) atoms. The highest BCUT2D eigenvalue weighted by Crippen LogP contribution is 2.14. The lowest BCUT2D eigenvalue weighted by molar-refractivity contribution is -0.138. The van der Waals surface area contributed by atoms with E-state index in [1.807, 2.05) is 31.1 Å². The van der Waals surface area contributed by atoms with Crippen LogP contribution in [0, 0.1) is 0 Å². The van der Waals surface area contributed by atoms with Crippen molar-refractivity contribution in [1.29, 1.82) is 0 Å². The van der Waals surface area contributed by atoms with E-state index < -0.39 is 5.97 Å². The number of hydrogen-bond acceptors (Lipinski definition) is 3. The maximum Gasteiger partial charge on any atom is 0.323 e. The molecule has 0 aliphatic carbocycles. The number of anilines is 1. The number of carbonyl (C=O) groups is 2. The molecule has 5 heteroatoms. The summed E-state index contributed by atoms with van der Waals surface area (Å²) in [6.07, 6.45) is 0. The molecule has 1 aromatic carbocycles. The van der Waals surface area contributed by atoms with Gasteiger partial charge in [0.15, 0.2) is 0 Å². The Morgan fingerprint density at radius 3 is 2.05 bits per heavy atom. The van der Waals surface area contributed by atoms with Crippen LogP contribution >= 0.6 is 0 Å². The molecule has 5 nitrogen and oxygen atoms in total. The molecule has 1 aromatic rings. The Morgan fingerprint density at radius 1 is 1.16 bits per heavy atom. The first kappa shape index (κ1) is 15.0. The van der Waals surface area contributed by atoms with Crippen molar-refractivity contribution >= 4 is 17.6 Å². The summed E-state index contributed by atoms with van der Waals surface area (Å²) < 4.78 is 0. The summed E-state index contributed by atoms with van der Waals surface area (Å²) >= 11 is 0. The number of carbonyl (C=O) groups excluding carboxylic acids is 1. The molecule has 0 heterocycles. The monoisotopic (exact) mass is 264 g/mol. The zero-order valence-electron chi connectivity index (χ0n) is 11.8. The number of amides is 1. The van der Waals surface area contributed by atoms with Crippen molar-refractivity contribution < 1.29 is 14.7 Å². The second kappa shape index (κ2) is 6.22. The van der Waals surface area contributed by atoms with Crippen molar-refractivity contribution in [2.75, 3.05) is 25.5 Å². The minimum atomic E-state index is -1.01. The zero-order chi connectivity index (χ0) is 14.6. The molecule has 1 amide bonds. The fourth-order valence-electron chi connectivity index (χ4n) is 1.70. The molecule has 104 valence electrons. The highest BCUT2D eigenvalue weighted by atomic mass is 16.4. The van der Waals surface area contributed by atoms with Gasteiger partial charge in [0.2, 0.25) is 0 Å². The van der Waals surface area contributed by atoms with Crippen LogP contribution in [0.4, 0.5) is 5.69 Å². The zero-order valence-corrected chi connectivity index (χ0v) is 11.8. The normalized spacial score (nSPS) is 10.4. The number of aliphatic carboxylic acids is 1. The van der Waals surface area contributed by atoms with Crippen LogP contribution in [0.3, 0.4) is 0 Å². The van der Waals surface area contributed by atoms with Gasteiger partial charge in [-0.05, 0) is 38.1 Å². The summed E-state index contributed by atoms with van der Waals surface area (Å²) in [4.78, 5) is 26.3. The van der Waals surface area contributed by atoms with Crippen LogP contribution in [-0.2, 0) is 4.79 Å². The van der Waals surface area contributed by atoms with E-state index in [4.69, 9.17) is 5.11 Å². The third-order valence-electron chi connectivity index (χ3n) is 2.82. The van der Waals surface area contributed by atoms with Crippen LogP contribution in [0.5, 0.6) is 0 Å². The van der Waals surface area contributed by atoms with E-state index in [2.05, 4.69) is 0 Å². The van der Waals surface area contributed by atoms with E-state index in [1.165, 1.54) is 4.90 Å². The third-order valence-corrected chi connectivity index (χ3v) is 2.82. The van der Waals surface area contributed by atoms with Crippen molar-refractivity contribution in [1.82, 2.24) is 4.90 Å². The second-order valence-electron chi connectivity index (χ2n) is 4.86. The largest absolute Gasteiger partial charge is 0.480 e. The molecule has 0 aliphatic rings. The third kappa shape index (κ3) is 3.98. The van der Waals surface area contributed by atoms with Crippen molar-refractivity contribution in [2.24, 2.45) is 0 Å². The van der Waals surface area contributed by atoms with Gasteiger partial charge in [-0.1, -0.05) is 0 Å². The smallest absolute Gasteiger partial charge is 0.323 e. The Kier molecular flexibility index (Phi) is 4.92. The summed E-state index contributed by atoms with van der Waals surface area (Å²) in [5.74, 6) is -1.27. The fraction of sp³-hybridized carbons (Fsp3) is 0.429. The summed E-state index contributed by atoms with van der Waals surface area (Å²) in [6, 6.07) is 6.96. The van der Waals surface area contributed by atoms with Crippen LogP contribution in [0.15, 0.2) is 24.3 Å². The van der Waals surface area contributed by atoms with E-state index >= 15 is 0 Å². The standard InChI is InChI=1S/C14H20N2O3/c1-10(2)16(9-13(17)18)14(19)11-5-7-12(8-6-11)15(3)4/h5-8,10H,9H2,1-4H3,(H,17,18). The average Bonchev–Trinajstić information content (AvgIpc) is 2.34. The maximum absolute atomic E-state index is 12.3. The molecule has 0 spiro atoms. The van der Waals surface area contributed by atoms with Gasteiger partial charge >= 0.3 is 5.97 Å². The van der Waals surface area contributed by atoms with E-state index in [-0.39, 0.29) is 18.5 Å². The number of carboxylic acids is 1. The minimum absolute atomic E-state index is 0.155. The van der Waals surface area contributed by atoms with Crippen molar-refractivity contribution in [2.45, 2.75) is 19.9 Å². The SMILES string of the molecule is CC(C)N(CC(=O)O)C(=O)c1ccc(N(C)C)cc1. The predicted octanol–water partition coefficient (Wildman–Crippen LogP) is 1.69. The maximum atomic E-state index is 12.3. The lowest BCUT2D eigenvalue weighted by Crippen LogP contribution is -2.40. The van der Waals surface area contributed by atoms with Gasteiger partial charge in [0.05, 0.1) is 0 Å². The summed E-state index contributed by atoms with van der Waals surface area (Å²) in [6.45, 7) is 3.32. The Morgan fingerprint density at radius 2 is 1.68 bits per heavy atom. The van der Waals surface area contributed by atoms with Gasteiger partial charge in [0, 0.05) is 31.4 Å². The molecule has 0 fully saturated rings. The van der Waals surface area contributed by atoms with Gasteiger partial charge in [-0.3, -0.25) is 9.59 Å². The molecule has 1 N–H and O–H groups in total. The predicted molar refractivity (Wildman–Crippen MR) is 74.6 cm³/mol. The molecule has 0 unspecified atom stereocenters. The molecule has 0 atom stereocenters. The molecule has 0 saturated carbocycles. The summed E-state index contributed by atoms with van der Waals surface area (Å²) in [7, 11) is 3.84. The minimum Gasteiger partial charge on any atom is -0.480 e. The molecule has 0 aromatic heterocycles. The fourth-order valence-corrected chi connectivity index (χ4v) is 1.70. The van der Waals surface area contributed by atoms with E-state index in [9.17, 15) is 9.59 Å². The number of carboxylic acid groups (broad SMARTS) is 1. The first-order valence-electron chi connectivity index (χ1n) is 6.13. The number of benzene rings is 1. The topological polar surface area (TPSA) is 60.9 Å². The Bertz CT molecular complexity index is 452. The number of hydrogen-bond donors (Lipinski definition) is 1. The second-order valence-corrected chi connectivity index (χ2v) is 4.86. The van der Waals surface area contributed by atoms with Gasteiger partial charge in [-0.15, -0.1) is 0 Å². The Hall–Kier alpha value is -2.04. The average molecular weight is 264 g/mol. The van der Waals surface area contributed by atoms with Crippen molar-refractivity contribution in [3.63, 3.8) is 0 Å².